The fraction of sp³-hybridized carbons (Fsp3) is 0.440. The van der Waals surface area contributed by atoms with Gasteiger partial charge in [-0.05, 0) is 62.1 Å². The van der Waals surface area contributed by atoms with Gasteiger partial charge in [0.1, 0.15) is 18.4 Å². The average Bonchev–Trinajstić information content (AvgIpc) is 2.79. The summed E-state index contributed by atoms with van der Waals surface area (Å²) in [6.45, 7) is 6.79. The summed E-state index contributed by atoms with van der Waals surface area (Å²) >= 11 is 6.11. The second kappa shape index (κ2) is 12.4. The quantitative estimate of drug-likeness (QED) is 0.474. The molecule has 2 amide bonds. The van der Waals surface area contributed by atoms with Gasteiger partial charge in [0.25, 0.3) is 0 Å². The van der Waals surface area contributed by atoms with E-state index >= 15 is 0 Å². The number of aryl methyl sites for hydroxylation is 1. The number of hydrogen-bond acceptors (Lipinski definition) is 4. The molecule has 0 aliphatic heterocycles. The first kappa shape index (κ1) is 28.6. The highest BCUT2D eigenvalue weighted by atomic mass is 35.5. The molecule has 0 saturated heterocycles. The minimum atomic E-state index is -3.86. The number of benzene rings is 2. The van der Waals surface area contributed by atoms with Gasteiger partial charge in [0.15, 0.2) is 0 Å². The number of nitrogens with zero attached hydrogens (tertiary/aromatic N) is 2. The van der Waals surface area contributed by atoms with Crippen LogP contribution in [0.2, 0.25) is 5.02 Å². The van der Waals surface area contributed by atoms with Crippen LogP contribution in [0.15, 0.2) is 42.5 Å². The van der Waals surface area contributed by atoms with Crippen molar-refractivity contribution < 1.29 is 22.4 Å². The van der Waals surface area contributed by atoms with E-state index in [2.05, 4.69) is 5.32 Å². The van der Waals surface area contributed by atoms with Gasteiger partial charge in [0.2, 0.25) is 21.8 Å². The zero-order valence-corrected chi connectivity index (χ0v) is 22.3. The van der Waals surface area contributed by atoms with Crippen LogP contribution in [0.25, 0.3) is 0 Å². The van der Waals surface area contributed by atoms with Crippen LogP contribution in [0.5, 0.6) is 0 Å². The Labute approximate surface area is 212 Å². The molecule has 2 aromatic carbocycles. The topological polar surface area (TPSA) is 86.8 Å². The van der Waals surface area contributed by atoms with E-state index in [-0.39, 0.29) is 24.2 Å². The van der Waals surface area contributed by atoms with Crippen LogP contribution in [0.4, 0.5) is 10.1 Å². The minimum Gasteiger partial charge on any atom is -0.352 e. The molecule has 2 atom stereocenters. The first-order valence-corrected chi connectivity index (χ1v) is 13.7. The van der Waals surface area contributed by atoms with Crippen LogP contribution in [0.1, 0.15) is 44.7 Å². The Morgan fingerprint density at radius 3 is 2.26 bits per heavy atom. The predicted octanol–water partition coefficient (Wildman–Crippen LogP) is 4.28. The zero-order valence-electron chi connectivity index (χ0n) is 20.7. The van der Waals surface area contributed by atoms with E-state index in [0.29, 0.717) is 29.0 Å². The van der Waals surface area contributed by atoms with E-state index in [1.807, 2.05) is 13.8 Å². The second-order valence-electron chi connectivity index (χ2n) is 8.59. The van der Waals surface area contributed by atoms with E-state index in [1.54, 1.807) is 26.0 Å². The van der Waals surface area contributed by atoms with Crippen LogP contribution in [0, 0.1) is 12.7 Å². The summed E-state index contributed by atoms with van der Waals surface area (Å²) in [6.07, 6.45) is 2.03. The van der Waals surface area contributed by atoms with E-state index in [0.717, 1.165) is 10.6 Å². The summed E-state index contributed by atoms with van der Waals surface area (Å²) in [6, 6.07) is 9.47. The molecule has 10 heteroatoms. The lowest BCUT2D eigenvalue weighted by molar-refractivity contribution is -0.140. The molecule has 0 aliphatic carbocycles. The van der Waals surface area contributed by atoms with Crippen molar-refractivity contribution in [2.75, 3.05) is 17.1 Å². The largest absolute Gasteiger partial charge is 0.352 e. The number of sulfonamides is 1. The second-order valence-corrected chi connectivity index (χ2v) is 10.9. The average molecular weight is 526 g/mol. The molecular weight excluding hydrogens is 493 g/mol. The van der Waals surface area contributed by atoms with E-state index in [4.69, 9.17) is 11.6 Å². The first-order valence-electron chi connectivity index (χ1n) is 11.5. The van der Waals surface area contributed by atoms with Gasteiger partial charge < -0.3 is 10.2 Å². The third-order valence-electron chi connectivity index (χ3n) is 5.77. The Balaban J connectivity index is 2.47. The molecule has 0 heterocycles. The lowest BCUT2D eigenvalue weighted by atomic mass is 10.1. The molecule has 7 nitrogen and oxygen atoms in total. The van der Waals surface area contributed by atoms with Gasteiger partial charge in [-0.25, -0.2) is 12.8 Å². The summed E-state index contributed by atoms with van der Waals surface area (Å²) in [4.78, 5) is 28.1. The lowest BCUT2D eigenvalue weighted by Gasteiger charge is -2.33. The number of rotatable bonds is 11. The highest BCUT2D eigenvalue weighted by Gasteiger charge is 2.32. The van der Waals surface area contributed by atoms with Crippen molar-refractivity contribution in [3.05, 3.63) is 64.4 Å². The predicted molar refractivity (Wildman–Crippen MR) is 137 cm³/mol. The number of carbonyl (C=O) groups excluding carboxylic acids is 2. The van der Waals surface area contributed by atoms with Crippen molar-refractivity contribution in [3.8, 4) is 0 Å². The monoisotopic (exact) mass is 525 g/mol. The van der Waals surface area contributed by atoms with Gasteiger partial charge in [-0.15, -0.1) is 0 Å². The van der Waals surface area contributed by atoms with Crippen molar-refractivity contribution in [2.24, 2.45) is 0 Å². The molecule has 2 rings (SSSR count). The fourth-order valence-corrected chi connectivity index (χ4v) is 4.66. The third-order valence-corrected chi connectivity index (χ3v) is 7.13. The summed E-state index contributed by atoms with van der Waals surface area (Å²) in [7, 11) is -3.86. The Kier molecular flexibility index (Phi) is 10.1. The van der Waals surface area contributed by atoms with Gasteiger partial charge in [-0.1, -0.05) is 43.6 Å². The van der Waals surface area contributed by atoms with Crippen LogP contribution >= 0.6 is 11.6 Å². The molecule has 2 aromatic rings. The number of amides is 2. The van der Waals surface area contributed by atoms with E-state index < -0.39 is 34.3 Å². The molecule has 0 bridgehead atoms. The number of nitrogens with one attached hydrogen (secondary N) is 1. The zero-order chi connectivity index (χ0) is 26.3. The van der Waals surface area contributed by atoms with Crippen molar-refractivity contribution in [1.82, 2.24) is 10.2 Å². The fourth-order valence-electron chi connectivity index (χ4n) is 3.59. The maximum absolute atomic E-state index is 13.6. The molecule has 0 aliphatic rings. The number of hydrogen-bond donors (Lipinski definition) is 1. The van der Waals surface area contributed by atoms with Gasteiger partial charge in [-0.3, -0.25) is 13.9 Å². The van der Waals surface area contributed by atoms with E-state index in [9.17, 15) is 22.4 Å². The van der Waals surface area contributed by atoms with Crippen molar-refractivity contribution >= 4 is 39.1 Å². The molecule has 0 fully saturated rings. The maximum Gasteiger partial charge on any atom is 0.244 e. The Hall–Kier alpha value is -2.65. The molecular formula is C25H33ClFN3O4S. The Bertz CT molecular complexity index is 1140. The van der Waals surface area contributed by atoms with Crippen LogP contribution in [0.3, 0.4) is 0 Å². The Morgan fingerprint density at radius 2 is 1.71 bits per heavy atom. The van der Waals surface area contributed by atoms with Crippen molar-refractivity contribution in [1.29, 1.82) is 0 Å². The minimum absolute atomic E-state index is 0.0116. The summed E-state index contributed by atoms with van der Waals surface area (Å²) in [5, 5.41) is 3.23. The van der Waals surface area contributed by atoms with Gasteiger partial charge in [-0.2, -0.15) is 0 Å². The van der Waals surface area contributed by atoms with Crippen molar-refractivity contribution in [2.45, 2.75) is 59.2 Å². The molecule has 0 saturated carbocycles. The number of anilines is 1. The summed E-state index contributed by atoms with van der Waals surface area (Å²) in [5.41, 5.74) is 1.52. The Morgan fingerprint density at radius 1 is 1.09 bits per heavy atom. The number of carbonyl (C=O) groups is 2. The summed E-state index contributed by atoms with van der Waals surface area (Å²) in [5.74, 6) is -1.32. The van der Waals surface area contributed by atoms with Gasteiger partial charge in [0.05, 0.1) is 11.9 Å². The molecule has 35 heavy (non-hydrogen) atoms. The maximum atomic E-state index is 13.6. The van der Waals surface area contributed by atoms with E-state index in [1.165, 1.54) is 35.2 Å². The lowest BCUT2D eigenvalue weighted by Crippen LogP contribution is -2.53. The number of halogens is 2. The van der Waals surface area contributed by atoms with Crippen LogP contribution < -0.4 is 9.62 Å². The molecule has 192 valence electrons. The standard InChI is InChI=1S/C25H33ClFN3O4S/c1-6-18(4)28-25(32)22(7-2)29(15-19-9-12-21(27)13-10-19)24(31)16-30(35(5,33)34)23-14-20(26)11-8-17(23)3/h8-14,18,22H,6-7,15-16H2,1-5H3,(H,28,32)/t18-,22+/m0/s1. The third kappa shape index (κ3) is 7.93. The highest BCUT2D eigenvalue weighted by molar-refractivity contribution is 7.92. The highest BCUT2D eigenvalue weighted by Crippen LogP contribution is 2.27. The summed E-state index contributed by atoms with van der Waals surface area (Å²) < 4.78 is 39.8. The normalized spacial score (nSPS) is 13.1. The molecule has 0 aromatic heterocycles. The van der Waals surface area contributed by atoms with Crippen LogP contribution in [-0.4, -0.2) is 50.0 Å². The smallest absolute Gasteiger partial charge is 0.244 e. The van der Waals surface area contributed by atoms with Crippen molar-refractivity contribution in [3.63, 3.8) is 0 Å². The molecule has 0 spiro atoms. The van der Waals surface area contributed by atoms with Gasteiger partial charge >= 0.3 is 0 Å². The van der Waals surface area contributed by atoms with Crippen LogP contribution in [-0.2, 0) is 26.2 Å². The SMILES string of the molecule is CC[C@H](C(=O)N[C@@H](C)CC)N(Cc1ccc(F)cc1)C(=O)CN(c1cc(Cl)ccc1C)S(C)(=O)=O. The molecule has 0 unspecified atom stereocenters. The molecule has 0 radical (unpaired) electrons. The van der Waals surface area contributed by atoms with Gasteiger partial charge in [0, 0.05) is 17.6 Å². The first-order chi connectivity index (χ1) is 16.4. The molecule has 1 N–H and O–H groups in total.